The van der Waals surface area contributed by atoms with Crippen LogP contribution < -0.4 is 0 Å². The maximum absolute atomic E-state index is 2.24. The third-order valence-corrected chi connectivity index (χ3v) is 4.18. The van der Waals surface area contributed by atoms with Gasteiger partial charge in [-0.05, 0) is 52.6 Å². The van der Waals surface area contributed by atoms with Crippen molar-refractivity contribution in [1.29, 1.82) is 0 Å². The van der Waals surface area contributed by atoms with E-state index < -0.39 is 0 Å². The van der Waals surface area contributed by atoms with E-state index in [0.717, 1.165) is 0 Å². The van der Waals surface area contributed by atoms with Crippen molar-refractivity contribution in [1.82, 2.24) is 0 Å². The van der Waals surface area contributed by atoms with Crippen LogP contribution in [0.1, 0.15) is 37.5 Å². The molecule has 0 saturated carbocycles. The second kappa shape index (κ2) is 6.32. The highest BCUT2D eigenvalue weighted by atomic mass is 32.2. The van der Waals surface area contributed by atoms with Crippen molar-refractivity contribution in [3.63, 3.8) is 0 Å². The summed E-state index contributed by atoms with van der Waals surface area (Å²) in [6.45, 7) is 8.87. The summed E-state index contributed by atoms with van der Waals surface area (Å²) in [4.78, 5) is 1.28. The van der Waals surface area contributed by atoms with Gasteiger partial charge in [-0.1, -0.05) is 68.9 Å². The first kappa shape index (κ1) is 14.9. The summed E-state index contributed by atoms with van der Waals surface area (Å²) in [6, 6.07) is 17.3. The third kappa shape index (κ3) is 4.01. The van der Waals surface area contributed by atoms with E-state index in [1.165, 1.54) is 21.6 Å². The summed E-state index contributed by atoms with van der Waals surface area (Å²) in [5.74, 6) is 0. The highest BCUT2D eigenvalue weighted by molar-refractivity contribution is 8.02. The molecule has 0 unspecified atom stereocenters. The second-order valence-electron chi connectivity index (χ2n) is 6.05. The average molecular weight is 282 g/mol. The van der Waals surface area contributed by atoms with E-state index in [1.807, 2.05) is 0 Å². The minimum Gasteiger partial charge on any atom is -0.0981 e. The molecule has 0 aliphatic heterocycles. The van der Waals surface area contributed by atoms with Crippen molar-refractivity contribution in [2.45, 2.75) is 38.0 Å². The molecular weight excluding hydrogens is 260 g/mol. The van der Waals surface area contributed by atoms with Gasteiger partial charge in [0.25, 0.3) is 0 Å². The van der Waals surface area contributed by atoms with Crippen LogP contribution in [0.25, 0.3) is 6.08 Å². The topological polar surface area (TPSA) is 0 Å². The maximum atomic E-state index is 2.24. The average Bonchev–Trinajstić information content (AvgIpc) is 2.40. The molecule has 104 valence electrons. The predicted molar refractivity (Wildman–Crippen MR) is 91.2 cm³/mol. The molecule has 0 aromatic heterocycles. The van der Waals surface area contributed by atoms with Gasteiger partial charge in [-0.25, -0.2) is 0 Å². The van der Waals surface area contributed by atoms with Crippen LogP contribution in [-0.4, -0.2) is 0 Å². The van der Waals surface area contributed by atoms with E-state index >= 15 is 0 Å². The van der Waals surface area contributed by atoms with E-state index in [2.05, 4.69) is 87.7 Å². The smallest absolute Gasteiger partial charge is 0.0116 e. The summed E-state index contributed by atoms with van der Waals surface area (Å²) in [6.07, 6.45) is 2.18. The lowest BCUT2D eigenvalue weighted by Gasteiger charge is -2.18. The van der Waals surface area contributed by atoms with Crippen LogP contribution >= 0.6 is 11.8 Å². The lowest BCUT2D eigenvalue weighted by molar-refractivity contribution is 0.590. The Bertz CT molecular complexity index is 586. The van der Waals surface area contributed by atoms with Crippen molar-refractivity contribution in [2.24, 2.45) is 0 Å². The lowest BCUT2D eigenvalue weighted by atomic mass is 9.87. The van der Waals surface area contributed by atoms with Crippen molar-refractivity contribution >= 4 is 17.8 Å². The largest absolute Gasteiger partial charge is 0.0981 e. The van der Waals surface area contributed by atoms with Crippen molar-refractivity contribution in [3.8, 4) is 0 Å². The molecule has 0 saturated heterocycles. The Kier molecular flexibility index (Phi) is 4.72. The predicted octanol–water partition coefficient (Wildman–Crippen LogP) is 6.06. The minimum absolute atomic E-state index is 0.222. The number of benzene rings is 2. The van der Waals surface area contributed by atoms with Gasteiger partial charge in [-0.15, -0.1) is 0 Å². The summed E-state index contributed by atoms with van der Waals surface area (Å²) >= 11 is 1.76. The monoisotopic (exact) mass is 282 g/mol. The molecule has 0 radical (unpaired) electrons. The molecule has 20 heavy (non-hydrogen) atoms. The molecule has 0 atom stereocenters. The molecule has 0 fully saturated rings. The van der Waals surface area contributed by atoms with Gasteiger partial charge in [0.2, 0.25) is 0 Å². The summed E-state index contributed by atoms with van der Waals surface area (Å²) < 4.78 is 0. The summed E-state index contributed by atoms with van der Waals surface area (Å²) in [7, 11) is 0. The molecule has 1 heteroatoms. The van der Waals surface area contributed by atoms with E-state index in [0.29, 0.717) is 0 Å². The fourth-order valence-electron chi connectivity index (χ4n) is 1.99. The van der Waals surface area contributed by atoms with Gasteiger partial charge in [0.05, 0.1) is 0 Å². The van der Waals surface area contributed by atoms with Gasteiger partial charge in [0.1, 0.15) is 0 Å². The standard InChI is InChI=1S/C19H22S/c1-15-7-5-6-8-16(15)13-14-20-18-11-9-17(10-12-18)19(2,3)4/h5-14H,1-4H3/b14-13-. The molecule has 0 nitrogen and oxygen atoms in total. The van der Waals surface area contributed by atoms with Gasteiger partial charge in [-0.3, -0.25) is 0 Å². The Morgan fingerprint density at radius 2 is 1.55 bits per heavy atom. The maximum Gasteiger partial charge on any atom is 0.0116 e. The molecule has 0 heterocycles. The molecule has 0 aliphatic carbocycles. The number of rotatable bonds is 3. The van der Waals surface area contributed by atoms with Gasteiger partial charge >= 0.3 is 0 Å². The van der Waals surface area contributed by atoms with Gasteiger partial charge in [0, 0.05) is 4.90 Å². The molecule has 0 spiro atoms. The van der Waals surface area contributed by atoms with E-state index in [-0.39, 0.29) is 5.41 Å². The molecule has 0 N–H and O–H groups in total. The molecular formula is C19H22S. The zero-order valence-corrected chi connectivity index (χ0v) is 13.5. The fourth-order valence-corrected chi connectivity index (χ4v) is 2.66. The number of hydrogen-bond donors (Lipinski definition) is 0. The molecule has 2 aromatic carbocycles. The molecule has 2 rings (SSSR count). The first-order valence-corrected chi connectivity index (χ1v) is 7.84. The van der Waals surface area contributed by atoms with Crippen LogP contribution in [0.4, 0.5) is 0 Å². The molecule has 0 aliphatic rings. The van der Waals surface area contributed by atoms with Crippen molar-refractivity contribution < 1.29 is 0 Å². The first-order valence-electron chi connectivity index (χ1n) is 6.96. The van der Waals surface area contributed by atoms with Crippen LogP contribution in [0.3, 0.4) is 0 Å². The van der Waals surface area contributed by atoms with Crippen LogP contribution in [0.15, 0.2) is 58.8 Å². The van der Waals surface area contributed by atoms with Crippen molar-refractivity contribution in [3.05, 3.63) is 70.6 Å². The normalized spacial score (nSPS) is 12.0. The van der Waals surface area contributed by atoms with E-state index in [4.69, 9.17) is 0 Å². The quantitative estimate of drug-likeness (QED) is 0.617. The van der Waals surface area contributed by atoms with Crippen molar-refractivity contribution in [2.75, 3.05) is 0 Å². The van der Waals surface area contributed by atoms with Crippen LogP contribution in [0.2, 0.25) is 0 Å². The SMILES string of the molecule is Cc1ccccc1/C=C\Sc1ccc(C(C)(C)C)cc1. The van der Waals surface area contributed by atoms with Gasteiger partial charge in [0.15, 0.2) is 0 Å². The van der Waals surface area contributed by atoms with E-state index in [1.54, 1.807) is 11.8 Å². The number of thioether (sulfide) groups is 1. The zero-order chi connectivity index (χ0) is 14.6. The Labute approximate surface area is 126 Å². The Balaban J connectivity index is 2.03. The van der Waals surface area contributed by atoms with Gasteiger partial charge < -0.3 is 0 Å². The fraction of sp³-hybridized carbons (Fsp3) is 0.263. The molecule has 0 amide bonds. The highest BCUT2D eigenvalue weighted by Gasteiger charge is 2.12. The number of aryl methyl sites for hydroxylation is 1. The zero-order valence-electron chi connectivity index (χ0n) is 12.7. The summed E-state index contributed by atoms with van der Waals surface area (Å²) in [5.41, 5.74) is 4.20. The Morgan fingerprint density at radius 3 is 2.15 bits per heavy atom. The third-order valence-electron chi connectivity index (χ3n) is 3.36. The van der Waals surface area contributed by atoms with Gasteiger partial charge in [-0.2, -0.15) is 0 Å². The number of hydrogen-bond acceptors (Lipinski definition) is 1. The second-order valence-corrected chi connectivity index (χ2v) is 7.03. The summed E-state index contributed by atoms with van der Waals surface area (Å²) in [5, 5.41) is 2.16. The van der Waals surface area contributed by atoms with Crippen LogP contribution in [0.5, 0.6) is 0 Å². The van der Waals surface area contributed by atoms with E-state index in [9.17, 15) is 0 Å². The van der Waals surface area contributed by atoms with Crippen LogP contribution in [0, 0.1) is 6.92 Å². The molecule has 2 aromatic rings. The lowest BCUT2D eigenvalue weighted by Crippen LogP contribution is -2.10. The Morgan fingerprint density at radius 1 is 0.900 bits per heavy atom. The molecule has 0 bridgehead atoms. The van der Waals surface area contributed by atoms with Crippen LogP contribution in [-0.2, 0) is 5.41 Å². The highest BCUT2D eigenvalue weighted by Crippen LogP contribution is 2.26. The minimum atomic E-state index is 0.222. The Hall–Kier alpha value is -1.47. The first-order chi connectivity index (χ1) is 9.47.